The Balaban J connectivity index is 2.90. The van der Waals surface area contributed by atoms with Crippen molar-refractivity contribution in [3.63, 3.8) is 0 Å². The Kier molecular flexibility index (Phi) is 16.1. The Morgan fingerprint density at radius 3 is 1.23 bits per heavy atom. The zero-order valence-electron chi connectivity index (χ0n) is 28.8. The third-order valence-corrected chi connectivity index (χ3v) is 9.69. The molecule has 2 aliphatic rings. The van der Waals surface area contributed by atoms with Gasteiger partial charge in [0.1, 0.15) is 55.4 Å². The van der Waals surface area contributed by atoms with E-state index in [1.807, 2.05) is 0 Å². The number of hydrogen-bond acceptors (Lipinski definition) is 19. The predicted molar refractivity (Wildman–Crippen MR) is 166 cm³/mol. The van der Waals surface area contributed by atoms with Gasteiger partial charge in [0.05, 0.1) is 57.0 Å². The van der Waals surface area contributed by atoms with Gasteiger partial charge in [0.25, 0.3) is 0 Å². The highest BCUT2D eigenvalue weighted by Gasteiger charge is 2.71. The van der Waals surface area contributed by atoms with Crippen molar-refractivity contribution in [1.29, 1.82) is 0 Å². The fourth-order valence-electron chi connectivity index (χ4n) is 7.52. The van der Waals surface area contributed by atoms with E-state index >= 15 is 0 Å². The maximum atomic E-state index is 14.6. The zero-order chi connectivity index (χ0) is 43.1. The summed E-state index contributed by atoms with van der Waals surface area (Å²) in [7, 11) is 0. The highest BCUT2D eigenvalue weighted by atomic mass is 16.7. The fourth-order valence-corrected chi connectivity index (χ4v) is 7.52. The molecule has 2 aliphatic heterocycles. The summed E-state index contributed by atoms with van der Waals surface area (Å²) in [6.45, 7) is -2.55. The first kappa shape index (κ1) is 47.5. The van der Waals surface area contributed by atoms with E-state index in [2.05, 4.69) is 0 Å². The van der Waals surface area contributed by atoms with Gasteiger partial charge in [-0.2, -0.15) is 0 Å². The van der Waals surface area contributed by atoms with Gasteiger partial charge in [0.2, 0.25) is 0 Å². The molecule has 26 heteroatoms. The Morgan fingerprint density at radius 2 is 0.875 bits per heavy atom. The van der Waals surface area contributed by atoms with E-state index in [-0.39, 0.29) is 0 Å². The molecule has 2 heterocycles. The first-order chi connectivity index (χ1) is 25.8. The Labute approximate surface area is 312 Å². The summed E-state index contributed by atoms with van der Waals surface area (Å²) in [5.41, 5.74) is -10.7. The number of rotatable bonds is 22. The number of aliphatic hydroxyl groups excluding tert-OH is 7. The summed E-state index contributed by atoms with van der Waals surface area (Å²) in [6, 6.07) is 0. The van der Waals surface area contributed by atoms with E-state index in [9.17, 15) is 110 Å². The first-order valence-electron chi connectivity index (χ1n) is 16.2. The van der Waals surface area contributed by atoms with Crippen molar-refractivity contribution in [2.45, 2.75) is 106 Å². The molecule has 2 fully saturated rings. The number of carboxylic acid groups (broad SMARTS) is 7. The highest BCUT2D eigenvalue weighted by Crippen LogP contribution is 2.64. The molecule has 318 valence electrons. The number of aliphatic hydroxyl groups is 7. The van der Waals surface area contributed by atoms with E-state index in [0.29, 0.717) is 0 Å². The van der Waals surface area contributed by atoms with E-state index in [1.54, 1.807) is 0 Å². The smallest absolute Gasteiger partial charge is 0.314 e. The zero-order valence-corrected chi connectivity index (χ0v) is 28.8. The molecule has 0 aromatic rings. The molecule has 2 saturated heterocycles. The van der Waals surface area contributed by atoms with Crippen LogP contribution >= 0.6 is 0 Å². The molecule has 10 atom stereocenters. The molecule has 2 rings (SSSR count). The molecule has 0 aliphatic carbocycles. The lowest BCUT2D eigenvalue weighted by Gasteiger charge is -2.56. The Morgan fingerprint density at radius 1 is 0.482 bits per heavy atom. The molecule has 0 bridgehead atoms. The molecule has 0 aromatic carbocycles. The van der Waals surface area contributed by atoms with Crippen LogP contribution in [0.5, 0.6) is 0 Å². The van der Waals surface area contributed by atoms with Gasteiger partial charge in [-0.25, -0.2) is 0 Å². The number of carbonyl (C=O) groups is 8. The Bertz CT molecular complexity index is 1350. The second kappa shape index (κ2) is 19.0. The minimum atomic E-state index is -3.86. The third-order valence-electron chi connectivity index (χ3n) is 9.69. The standard InChI is InChI=1S/C30H42O26/c31-8-10-24(21(48)22(49)25(51)54-10)56-26-23(50)20(47)19(46)11(55-26)9-53-27(52)30(7-18(44)45,28(1-12(32)33,2-13(34)35)3-14(36)37)29(4-15(38)39,5-16(40)41)6-17(42)43/h10-11,19-26,31,46-51H,1-9H2,(H,32,33)(H,34,35)(H,36,37)(H,38,39)(H,40,41)(H,42,43)(H,44,45)/t10-,11-,19+,20+,21-,22-,23-,24-,25+,26+/m1/s1. The van der Waals surface area contributed by atoms with Crippen LogP contribution in [0.3, 0.4) is 0 Å². The predicted octanol–water partition coefficient (Wildman–Crippen LogP) is -5.56. The number of aliphatic carboxylic acids is 7. The number of hydrogen-bond donors (Lipinski definition) is 14. The average molecular weight is 819 g/mol. The molecule has 0 amide bonds. The van der Waals surface area contributed by atoms with Gasteiger partial charge in [-0.15, -0.1) is 0 Å². The van der Waals surface area contributed by atoms with Gasteiger partial charge >= 0.3 is 47.8 Å². The lowest BCUT2D eigenvalue weighted by Crippen LogP contribution is -2.65. The van der Waals surface area contributed by atoms with Crippen molar-refractivity contribution in [3.05, 3.63) is 0 Å². The van der Waals surface area contributed by atoms with Gasteiger partial charge in [0.15, 0.2) is 12.6 Å². The van der Waals surface area contributed by atoms with Crippen molar-refractivity contribution in [3.8, 4) is 0 Å². The third kappa shape index (κ3) is 10.4. The van der Waals surface area contributed by atoms with E-state index in [1.165, 1.54) is 0 Å². The van der Waals surface area contributed by atoms with E-state index in [0.717, 1.165) is 0 Å². The number of ether oxygens (including phenoxy) is 4. The van der Waals surface area contributed by atoms with Crippen molar-refractivity contribution >= 4 is 47.8 Å². The monoisotopic (exact) mass is 818 g/mol. The molecule has 14 N–H and O–H groups in total. The second-order valence-electron chi connectivity index (χ2n) is 13.4. The molecular formula is C30H42O26. The average Bonchev–Trinajstić information content (AvgIpc) is 3.04. The van der Waals surface area contributed by atoms with Gasteiger partial charge in [0, 0.05) is 10.8 Å². The van der Waals surface area contributed by atoms with Crippen molar-refractivity contribution in [2.75, 3.05) is 13.2 Å². The summed E-state index contributed by atoms with van der Waals surface area (Å²) in [5.74, 6) is -17.6. The second-order valence-corrected chi connectivity index (χ2v) is 13.4. The molecule has 26 nitrogen and oxygen atoms in total. The summed E-state index contributed by atoms with van der Waals surface area (Å²) in [4.78, 5) is 101. The van der Waals surface area contributed by atoms with Gasteiger partial charge in [-0.05, 0) is 0 Å². The molecule has 0 spiro atoms. The number of esters is 1. The van der Waals surface area contributed by atoms with Crippen LogP contribution < -0.4 is 0 Å². The summed E-state index contributed by atoms with van der Waals surface area (Å²) >= 11 is 0. The molecule has 56 heavy (non-hydrogen) atoms. The molecule has 0 unspecified atom stereocenters. The van der Waals surface area contributed by atoms with Crippen LogP contribution in [0.25, 0.3) is 0 Å². The molecular weight excluding hydrogens is 776 g/mol. The fraction of sp³-hybridized carbons (Fsp3) is 0.733. The first-order valence-corrected chi connectivity index (χ1v) is 16.2. The van der Waals surface area contributed by atoms with E-state index < -0.39 is 184 Å². The van der Waals surface area contributed by atoms with Crippen molar-refractivity contribution < 1.29 is 129 Å². The van der Waals surface area contributed by atoms with Gasteiger partial charge in [-0.3, -0.25) is 38.4 Å². The van der Waals surface area contributed by atoms with Crippen LogP contribution in [0.2, 0.25) is 0 Å². The number of carboxylic acids is 7. The van der Waals surface area contributed by atoms with Crippen LogP contribution in [0.4, 0.5) is 0 Å². The topological polar surface area (TPSA) is 457 Å². The van der Waals surface area contributed by atoms with Crippen LogP contribution in [0, 0.1) is 16.2 Å². The SMILES string of the molecule is O=C(O)CC(CC(=O)O)(CC(=O)O)C(CC(=O)O)(C(=O)OC[C@H]1O[C@@H](O[C@H]2[C@H](O)[C@@H](O)[C@@H](O)O[C@@H]2CO)[C@H](O)[C@@H](O)[C@H]1O)C(CC(=O)O)(CC(=O)O)CC(=O)O. The van der Waals surface area contributed by atoms with Crippen molar-refractivity contribution in [2.24, 2.45) is 16.2 Å². The highest BCUT2D eigenvalue weighted by molar-refractivity contribution is 5.91. The lowest BCUT2D eigenvalue weighted by atomic mass is 9.43. The summed E-state index contributed by atoms with van der Waals surface area (Å²) < 4.78 is 20.8. The van der Waals surface area contributed by atoms with E-state index in [4.69, 9.17) is 18.9 Å². The van der Waals surface area contributed by atoms with Crippen LogP contribution in [0.1, 0.15) is 44.9 Å². The normalized spacial score (nSPS) is 28.5. The lowest BCUT2D eigenvalue weighted by molar-refractivity contribution is -0.355. The minimum Gasteiger partial charge on any atom is -0.481 e. The van der Waals surface area contributed by atoms with Crippen LogP contribution in [-0.2, 0) is 57.3 Å². The molecule has 0 saturated carbocycles. The molecule has 0 aromatic heterocycles. The largest absolute Gasteiger partial charge is 0.481 e. The molecule has 0 radical (unpaired) electrons. The quantitative estimate of drug-likeness (QED) is 0.0453. The van der Waals surface area contributed by atoms with Gasteiger partial charge in [-0.1, -0.05) is 0 Å². The maximum absolute atomic E-state index is 14.6. The number of carbonyl (C=O) groups excluding carboxylic acids is 1. The minimum absolute atomic E-state index is 1.01. The van der Waals surface area contributed by atoms with Gasteiger partial charge < -0.3 is 90.4 Å². The van der Waals surface area contributed by atoms with Crippen LogP contribution in [0.15, 0.2) is 0 Å². The summed E-state index contributed by atoms with van der Waals surface area (Å²) in [5, 5.41) is 141. The Hall–Kier alpha value is -4.64. The van der Waals surface area contributed by atoms with Crippen LogP contribution in [-0.4, -0.2) is 194 Å². The van der Waals surface area contributed by atoms with Crippen molar-refractivity contribution in [1.82, 2.24) is 0 Å². The summed E-state index contributed by atoms with van der Waals surface area (Å²) in [6.07, 6.45) is -34.5. The maximum Gasteiger partial charge on any atom is 0.314 e.